The molecule has 2 heterocycles. The molecule has 4 rings (SSSR count). The van der Waals surface area contributed by atoms with Crippen LogP contribution >= 0.6 is 23.2 Å². The number of hydrogen-bond donors (Lipinski definition) is 1. The highest BCUT2D eigenvalue weighted by Gasteiger charge is 2.36. The molecule has 0 amide bonds. The molecule has 0 spiro atoms. The number of pyridine rings is 1. The lowest BCUT2D eigenvalue weighted by Gasteiger charge is -2.20. The van der Waals surface area contributed by atoms with E-state index in [0.29, 0.717) is 32.5 Å². The molecule has 1 N–H and O–H groups in total. The van der Waals surface area contributed by atoms with E-state index in [1.54, 1.807) is 48.8 Å². The lowest BCUT2D eigenvalue weighted by atomic mass is 9.85. The van der Waals surface area contributed by atoms with Crippen LogP contribution in [-0.4, -0.2) is 16.7 Å². The number of benzene rings is 2. The van der Waals surface area contributed by atoms with Gasteiger partial charge in [-0.2, -0.15) is 0 Å². The van der Waals surface area contributed by atoms with Gasteiger partial charge < -0.3 is 9.84 Å². The van der Waals surface area contributed by atoms with Gasteiger partial charge in [-0.25, -0.2) is 4.39 Å². The van der Waals surface area contributed by atoms with E-state index in [1.165, 1.54) is 6.07 Å². The third-order valence-electron chi connectivity index (χ3n) is 4.77. The average molecular weight is 416 g/mol. The van der Waals surface area contributed by atoms with E-state index in [4.69, 9.17) is 27.9 Å². The topological polar surface area (TPSA) is 42.4 Å². The fraction of sp³-hybridized carbons (Fsp3) is 0.136. The van der Waals surface area contributed by atoms with Gasteiger partial charge in [0.1, 0.15) is 17.7 Å². The number of hydrogen-bond acceptors (Lipinski definition) is 3. The molecule has 1 aliphatic rings. The third kappa shape index (κ3) is 3.63. The van der Waals surface area contributed by atoms with Gasteiger partial charge in [0.15, 0.2) is 0 Å². The van der Waals surface area contributed by atoms with Gasteiger partial charge in [0.25, 0.3) is 0 Å². The number of nitrogens with zero attached hydrogens (tertiary/aromatic N) is 1. The van der Waals surface area contributed by atoms with E-state index >= 15 is 0 Å². The zero-order valence-corrected chi connectivity index (χ0v) is 16.2. The second kappa shape index (κ2) is 7.92. The Hall–Kier alpha value is -2.40. The minimum atomic E-state index is -0.998. The SMILES string of the molecule is OC(C1=C(c2ccc(Cl)cc2)OCC1c1ccc(Cl)cc1F)c1cccnc1. The highest BCUT2D eigenvalue weighted by molar-refractivity contribution is 6.30. The summed E-state index contributed by atoms with van der Waals surface area (Å²) in [5.74, 6) is -0.375. The van der Waals surface area contributed by atoms with E-state index < -0.39 is 17.8 Å². The smallest absolute Gasteiger partial charge is 0.129 e. The van der Waals surface area contributed by atoms with Crippen LogP contribution < -0.4 is 0 Å². The van der Waals surface area contributed by atoms with Crippen LogP contribution in [0.3, 0.4) is 0 Å². The molecule has 1 aromatic heterocycles. The number of rotatable bonds is 4. The fourth-order valence-electron chi connectivity index (χ4n) is 3.42. The van der Waals surface area contributed by atoms with E-state index in [1.807, 2.05) is 12.1 Å². The molecule has 3 aromatic rings. The van der Waals surface area contributed by atoms with Gasteiger partial charge in [-0.1, -0.05) is 35.3 Å². The maximum atomic E-state index is 14.6. The summed E-state index contributed by atoms with van der Waals surface area (Å²) in [5, 5.41) is 12.0. The summed E-state index contributed by atoms with van der Waals surface area (Å²) in [5.41, 5.74) is 2.37. The van der Waals surface area contributed by atoms with Crippen molar-refractivity contribution in [1.82, 2.24) is 4.98 Å². The largest absolute Gasteiger partial charge is 0.492 e. The number of halogens is 3. The summed E-state index contributed by atoms with van der Waals surface area (Å²) < 4.78 is 20.6. The Bertz CT molecular complexity index is 1020. The van der Waals surface area contributed by atoms with Crippen molar-refractivity contribution in [1.29, 1.82) is 0 Å². The first kappa shape index (κ1) is 18.9. The van der Waals surface area contributed by atoms with Gasteiger partial charge in [-0.3, -0.25) is 4.98 Å². The van der Waals surface area contributed by atoms with Crippen molar-refractivity contribution >= 4 is 29.0 Å². The van der Waals surface area contributed by atoms with Crippen LogP contribution in [0.15, 0.2) is 72.6 Å². The maximum absolute atomic E-state index is 14.6. The van der Waals surface area contributed by atoms with Crippen LogP contribution in [-0.2, 0) is 4.74 Å². The van der Waals surface area contributed by atoms with Gasteiger partial charge in [-0.15, -0.1) is 0 Å². The van der Waals surface area contributed by atoms with Crippen molar-refractivity contribution in [3.63, 3.8) is 0 Å². The van der Waals surface area contributed by atoms with Crippen LogP contribution in [0.4, 0.5) is 4.39 Å². The van der Waals surface area contributed by atoms with Crippen molar-refractivity contribution in [2.45, 2.75) is 12.0 Å². The Kier molecular flexibility index (Phi) is 5.36. The van der Waals surface area contributed by atoms with Crippen LogP contribution in [0.2, 0.25) is 10.0 Å². The van der Waals surface area contributed by atoms with E-state index in [-0.39, 0.29) is 6.61 Å². The van der Waals surface area contributed by atoms with Gasteiger partial charge >= 0.3 is 0 Å². The lowest BCUT2D eigenvalue weighted by molar-refractivity contribution is 0.209. The van der Waals surface area contributed by atoms with E-state index in [0.717, 1.165) is 5.56 Å². The van der Waals surface area contributed by atoms with Crippen molar-refractivity contribution < 1.29 is 14.2 Å². The first-order valence-corrected chi connectivity index (χ1v) is 9.46. The summed E-state index contributed by atoms with van der Waals surface area (Å²) in [6.45, 7) is 0.211. The molecule has 2 aromatic carbocycles. The van der Waals surface area contributed by atoms with Crippen LogP contribution in [0, 0.1) is 5.82 Å². The Labute approximate surface area is 172 Å². The Balaban J connectivity index is 1.86. The number of aliphatic hydroxyl groups is 1. The molecule has 2 atom stereocenters. The normalized spacial score (nSPS) is 17.5. The van der Waals surface area contributed by atoms with E-state index in [9.17, 15) is 9.50 Å². The Morgan fingerprint density at radius 3 is 2.50 bits per heavy atom. The standard InChI is InChI=1S/C22H16Cl2FNO2/c23-15-5-3-13(4-6-15)22-20(21(27)14-2-1-9-26-11-14)18(12-28-22)17-8-7-16(24)10-19(17)25/h1-11,18,21,27H,12H2. The molecule has 0 radical (unpaired) electrons. The summed E-state index contributed by atoms with van der Waals surface area (Å²) in [6, 6.07) is 15.2. The Morgan fingerprint density at radius 2 is 1.82 bits per heavy atom. The van der Waals surface area contributed by atoms with Crippen LogP contribution in [0.1, 0.15) is 28.7 Å². The second-order valence-electron chi connectivity index (χ2n) is 6.51. The third-order valence-corrected chi connectivity index (χ3v) is 5.26. The Morgan fingerprint density at radius 1 is 1.07 bits per heavy atom. The average Bonchev–Trinajstić information content (AvgIpc) is 3.13. The molecule has 0 bridgehead atoms. The fourth-order valence-corrected chi connectivity index (χ4v) is 3.71. The van der Waals surface area contributed by atoms with Crippen molar-refractivity contribution in [2.24, 2.45) is 0 Å². The summed E-state index contributed by atoms with van der Waals surface area (Å²) in [4.78, 5) is 4.08. The number of aliphatic hydroxyl groups excluding tert-OH is 1. The van der Waals surface area contributed by atoms with Crippen molar-refractivity contribution in [2.75, 3.05) is 6.61 Å². The molecule has 3 nitrogen and oxygen atoms in total. The highest BCUT2D eigenvalue weighted by Crippen LogP contribution is 2.45. The molecule has 1 aliphatic heterocycles. The molecule has 0 saturated heterocycles. The van der Waals surface area contributed by atoms with Gasteiger partial charge in [0.05, 0.1) is 6.61 Å². The number of aromatic nitrogens is 1. The lowest BCUT2D eigenvalue weighted by Crippen LogP contribution is -2.12. The highest BCUT2D eigenvalue weighted by atomic mass is 35.5. The molecule has 0 aliphatic carbocycles. The summed E-state index contributed by atoms with van der Waals surface area (Å²) in [7, 11) is 0. The summed E-state index contributed by atoms with van der Waals surface area (Å²) >= 11 is 11.9. The van der Waals surface area contributed by atoms with Gasteiger partial charge in [0, 0.05) is 45.1 Å². The molecule has 28 heavy (non-hydrogen) atoms. The maximum Gasteiger partial charge on any atom is 0.129 e. The molecule has 2 unspecified atom stereocenters. The van der Waals surface area contributed by atoms with Crippen molar-refractivity contribution in [3.05, 3.63) is 105 Å². The van der Waals surface area contributed by atoms with Gasteiger partial charge in [0.2, 0.25) is 0 Å². The second-order valence-corrected chi connectivity index (χ2v) is 7.38. The minimum Gasteiger partial charge on any atom is -0.492 e. The van der Waals surface area contributed by atoms with Crippen LogP contribution in [0.25, 0.3) is 5.76 Å². The predicted molar refractivity (Wildman–Crippen MR) is 108 cm³/mol. The van der Waals surface area contributed by atoms with Crippen LogP contribution in [0.5, 0.6) is 0 Å². The van der Waals surface area contributed by atoms with Gasteiger partial charge in [-0.05, 0) is 48.0 Å². The molecule has 0 saturated carbocycles. The molecular weight excluding hydrogens is 400 g/mol. The first-order chi connectivity index (χ1) is 13.5. The zero-order chi connectivity index (χ0) is 19.7. The quantitative estimate of drug-likeness (QED) is 0.586. The predicted octanol–water partition coefficient (Wildman–Crippen LogP) is 5.79. The first-order valence-electron chi connectivity index (χ1n) is 8.70. The molecule has 0 fully saturated rings. The van der Waals surface area contributed by atoms with E-state index in [2.05, 4.69) is 4.98 Å². The molecular formula is C22H16Cl2FNO2. The monoisotopic (exact) mass is 415 g/mol. The molecule has 6 heteroatoms. The minimum absolute atomic E-state index is 0.211. The number of ether oxygens (including phenoxy) is 1. The molecule has 142 valence electrons. The summed E-state index contributed by atoms with van der Waals surface area (Å²) in [6.07, 6.45) is 2.22. The van der Waals surface area contributed by atoms with Crippen molar-refractivity contribution in [3.8, 4) is 0 Å². The zero-order valence-electron chi connectivity index (χ0n) is 14.6.